The maximum absolute atomic E-state index is 12.9. The molecule has 0 aliphatic carbocycles. The number of alkyl halides is 3. The molecule has 0 saturated carbocycles. The normalized spacial score (nSPS) is 11.2. The number of nitrogens with one attached hydrogen (secondary N) is 2. The SMILES string of the molecule is CNc1c(C(=O)Nc2cnns2)cccc1C(F)(F)F. The van der Waals surface area contributed by atoms with E-state index in [1.165, 1.54) is 25.4 Å². The highest BCUT2D eigenvalue weighted by molar-refractivity contribution is 7.10. The number of aromatic nitrogens is 2. The topological polar surface area (TPSA) is 66.9 Å². The van der Waals surface area contributed by atoms with Crippen LogP contribution in [0.15, 0.2) is 24.4 Å². The summed E-state index contributed by atoms with van der Waals surface area (Å²) in [5, 5.41) is 8.74. The molecule has 0 bridgehead atoms. The van der Waals surface area contributed by atoms with Gasteiger partial charge in [0.2, 0.25) is 0 Å². The molecule has 106 valence electrons. The van der Waals surface area contributed by atoms with Crippen LogP contribution in [-0.2, 0) is 6.18 Å². The van der Waals surface area contributed by atoms with Gasteiger partial charge < -0.3 is 10.6 Å². The summed E-state index contributed by atoms with van der Waals surface area (Å²) in [6.07, 6.45) is -3.23. The summed E-state index contributed by atoms with van der Waals surface area (Å²) in [6.45, 7) is 0. The molecule has 0 unspecified atom stereocenters. The summed E-state index contributed by atoms with van der Waals surface area (Å²) in [5.41, 5.74) is -1.26. The van der Waals surface area contributed by atoms with Gasteiger partial charge in [-0.25, -0.2) is 0 Å². The number of para-hydroxylation sites is 1. The zero-order valence-electron chi connectivity index (χ0n) is 10.2. The lowest BCUT2D eigenvalue weighted by Gasteiger charge is -2.15. The Morgan fingerprint density at radius 3 is 2.65 bits per heavy atom. The average molecular weight is 302 g/mol. The third-order valence-electron chi connectivity index (χ3n) is 2.46. The Kier molecular flexibility index (Phi) is 3.89. The number of halogens is 3. The number of carbonyl (C=O) groups is 1. The molecule has 2 N–H and O–H groups in total. The molecule has 20 heavy (non-hydrogen) atoms. The molecule has 1 aromatic carbocycles. The molecule has 1 heterocycles. The second-order valence-electron chi connectivity index (χ2n) is 3.71. The van der Waals surface area contributed by atoms with Gasteiger partial charge >= 0.3 is 6.18 Å². The molecule has 1 aromatic heterocycles. The number of hydrogen-bond donors (Lipinski definition) is 2. The molecular weight excluding hydrogens is 293 g/mol. The van der Waals surface area contributed by atoms with Gasteiger partial charge in [0, 0.05) is 18.6 Å². The Morgan fingerprint density at radius 1 is 1.35 bits per heavy atom. The van der Waals surface area contributed by atoms with Gasteiger partial charge in [-0.3, -0.25) is 4.79 Å². The molecule has 0 saturated heterocycles. The quantitative estimate of drug-likeness (QED) is 0.915. The van der Waals surface area contributed by atoms with Crippen LogP contribution in [0, 0.1) is 0 Å². The lowest BCUT2D eigenvalue weighted by molar-refractivity contribution is -0.136. The minimum Gasteiger partial charge on any atom is -0.387 e. The van der Waals surface area contributed by atoms with Crippen molar-refractivity contribution in [1.82, 2.24) is 9.59 Å². The van der Waals surface area contributed by atoms with Crippen LogP contribution < -0.4 is 10.6 Å². The highest BCUT2D eigenvalue weighted by Crippen LogP contribution is 2.36. The Balaban J connectivity index is 2.39. The predicted molar refractivity (Wildman–Crippen MR) is 68.9 cm³/mol. The minimum atomic E-state index is -4.54. The summed E-state index contributed by atoms with van der Waals surface area (Å²) in [6, 6.07) is 3.41. The van der Waals surface area contributed by atoms with Gasteiger partial charge in [0.1, 0.15) is 5.00 Å². The smallest absolute Gasteiger partial charge is 0.387 e. The molecule has 0 spiro atoms. The Morgan fingerprint density at radius 2 is 2.10 bits per heavy atom. The second-order valence-corrected chi connectivity index (χ2v) is 4.50. The number of carbonyl (C=O) groups excluding carboxylic acids is 1. The van der Waals surface area contributed by atoms with E-state index in [4.69, 9.17) is 0 Å². The van der Waals surface area contributed by atoms with Gasteiger partial charge in [-0.1, -0.05) is 10.6 Å². The second kappa shape index (κ2) is 5.45. The van der Waals surface area contributed by atoms with Gasteiger partial charge in [0.25, 0.3) is 5.91 Å². The van der Waals surface area contributed by atoms with Crippen molar-refractivity contribution >= 4 is 28.1 Å². The molecule has 0 aliphatic rings. The molecule has 5 nitrogen and oxygen atoms in total. The van der Waals surface area contributed by atoms with Crippen LogP contribution in [0.25, 0.3) is 0 Å². The maximum Gasteiger partial charge on any atom is 0.418 e. The van der Waals surface area contributed by atoms with Crippen molar-refractivity contribution < 1.29 is 18.0 Å². The standard InChI is InChI=1S/C11H9F3N4OS/c1-15-9-6(3-2-4-7(9)11(12,13)14)10(19)17-8-5-16-18-20-8/h2-5,15H,1H3,(H,17,19). The minimum absolute atomic E-state index is 0.101. The lowest BCUT2D eigenvalue weighted by atomic mass is 10.1. The number of hydrogen-bond acceptors (Lipinski definition) is 5. The predicted octanol–water partition coefficient (Wildman–Crippen LogP) is 2.85. The zero-order chi connectivity index (χ0) is 14.8. The highest BCUT2D eigenvalue weighted by Gasteiger charge is 2.35. The fourth-order valence-corrected chi connectivity index (χ4v) is 2.06. The third-order valence-corrected chi connectivity index (χ3v) is 3.04. The molecule has 2 aromatic rings. The van der Waals surface area contributed by atoms with Crippen LogP contribution in [-0.4, -0.2) is 22.5 Å². The Labute approximate surface area is 116 Å². The maximum atomic E-state index is 12.9. The van der Waals surface area contributed by atoms with Crippen molar-refractivity contribution in [3.8, 4) is 0 Å². The van der Waals surface area contributed by atoms with E-state index in [9.17, 15) is 18.0 Å². The van der Waals surface area contributed by atoms with Crippen molar-refractivity contribution in [2.45, 2.75) is 6.18 Å². The molecule has 0 atom stereocenters. The van der Waals surface area contributed by atoms with E-state index < -0.39 is 17.6 Å². The van der Waals surface area contributed by atoms with Gasteiger partial charge in [-0.05, 0) is 12.1 Å². The fraction of sp³-hybridized carbons (Fsp3) is 0.182. The first-order valence-corrected chi connectivity index (χ1v) is 6.17. The summed E-state index contributed by atoms with van der Waals surface area (Å²) in [4.78, 5) is 12.0. The van der Waals surface area contributed by atoms with E-state index in [0.29, 0.717) is 5.00 Å². The molecule has 0 radical (unpaired) electrons. The number of amides is 1. The number of rotatable bonds is 3. The van der Waals surface area contributed by atoms with Crippen molar-refractivity contribution in [2.24, 2.45) is 0 Å². The van der Waals surface area contributed by atoms with Crippen molar-refractivity contribution in [3.63, 3.8) is 0 Å². The molecule has 2 rings (SSSR count). The van der Waals surface area contributed by atoms with Gasteiger partial charge in [0.05, 0.1) is 23.0 Å². The van der Waals surface area contributed by atoms with Crippen LogP contribution >= 0.6 is 11.5 Å². The lowest BCUT2D eigenvalue weighted by Crippen LogP contribution is -2.17. The summed E-state index contributed by atoms with van der Waals surface area (Å²) in [5.74, 6) is -0.661. The van der Waals surface area contributed by atoms with Gasteiger partial charge in [-0.2, -0.15) is 13.2 Å². The van der Waals surface area contributed by atoms with Crippen molar-refractivity contribution in [2.75, 3.05) is 17.7 Å². The largest absolute Gasteiger partial charge is 0.418 e. The van der Waals surface area contributed by atoms with E-state index >= 15 is 0 Å². The monoisotopic (exact) mass is 302 g/mol. The van der Waals surface area contributed by atoms with E-state index in [-0.39, 0.29) is 11.3 Å². The highest BCUT2D eigenvalue weighted by atomic mass is 32.1. The Bertz CT molecular complexity index is 613. The van der Waals surface area contributed by atoms with E-state index in [0.717, 1.165) is 17.6 Å². The van der Waals surface area contributed by atoms with Crippen LogP contribution in [0.5, 0.6) is 0 Å². The van der Waals surface area contributed by atoms with Crippen LogP contribution in [0.1, 0.15) is 15.9 Å². The van der Waals surface area contributed by atoms with E-state index in [2.05, 4.69) is 20.2 Å². The van der Waals surface area contributed by atoms with E-state index in [1.54, 1.807) is 0 Å². The fourth-order valence-electron chi connectivity index (χ4n) is 1.65. The first kappa shape index (κ1) is 14.3. The first-order valence-electron chi connectivity index (χ1n) is 5.40. The molecule has 0 aliphatic heterocycles. The zero-order valence-corrected chi connectivity index (χ0v) is 11.0. The number of anilines is 2. The molecular formula is C11H9F3N4OS. The molecule has 9 heteroatoms. The van der Waals surface area contributed by atoms with Gasteiger partial charge in [-0.15, -0.1) is 5.10 Å². The molecule has 0 fully saturated rings. The third kappa shape index (κ3) is 2.87. The number of nitrogens with zero attached hydrogens (tertiary/aromatic N) is 2. The van der Waals surface area contributed by atoms with Crippen LogP contribution in [0.2, 0.25) is 0 Å². The van der Waals surface area contributed by atoms with Gasteiger partial charge in [0.15, 0.2) is 0 Å². The van der Waals surface area contributed by atoms with Crippen LogP contribution in [0.3, 0.4) is 0 Å². The van der Waals surface area contributed by atoms with Crippen molar-refractivity contribution in [1.29, 1.82) is 0 Å². The first-order chi connectivity index (χ1) is 9.43. The summed E-state index contributed by atoms with van der Waals surface area (Å²) >= 11 is 0.933. The number of benzene rings is 1. The summed E-state index contributed by atoms with van der Waals surface area (Å²) in [7, 11) is 1.33. The summed E-state index contributed by atoms with van der Waals surface area (Å²) < 4.78 is 42.1. The van der Waals surface area contributed by atoms with Crippen LogP contribution in [0.4, 0.5) is 23.9 Å². The molecule has 1 amide bonds. The van der Waals surface area contributed by atoms with E-state index in [1.807, 2.05) is 0 Å². The average Bonchev–Trinajstić information content (AvgIpc) is 2.89. The van der Waals surface area contributed by atoms with Crippen molar-refractivity contribution in [3.05, 3.63) is 35.5 Å². The Hall–Kier alpha value is -2.16.